The van der Waals surface area contributed by atoms with Crippen molar-refractivity contribution in [1.82, 2.24) is 4.90 Å². The van der Waals surface area contributed by atoms with Gasteiger partial charge in [0.15, 0.2) is 0 Å². The van der Waals surface area contributed by atoms with Crippen LogP contribution in [0.4, 0.5) is 5.69 Å². The second-order valence-corrected chi connectivity index (χ2v) is 8.48. The second kappa shape index (κ2) is 9.26. The Morgan fingerprint density at radius 3 is 2.41 bits per heavy atom. The van der Waals surface area contributed by atoms with Gasteiger partial charge < -0.3 is 15.3 Å². The first-order valence-electron chi connectivity index (χ1n) is 9.51. The first-order valence-corrected chi connectivity index (χ1v) is 10.7. The van der Waals surface area contributed by atoms with Gasteiger partial charge in [0.1, 0.15) is 0 Å². The molecular formula is C20H26N2O4S. The predicted molar refractivity (Wildman–Crippen MR) is 106 cm³/mol. The summed E-state index contributed by atoms with van der Waals surface area (Å²) >= 11 is 1.88. The minimum Gasteiger partial charge on any atom is -0.481 e. The van der Waals surface area contributed by atoms with Crippen LogP contribution in [-0.4, -0.2) is 52.4 Å². The summed E-state index contributed by atoms with van der Waals surface area (Å²) in [6, 6.07) is 7.36. The van der Waals surface area contributed by atoms with E-state index in [1.165, 1.54) is 0 Å². The zero-order valence-electron chi connectivity index (χ0n) is 15.4. The Kier molecular flexibility index (Phi) is 6.77. The molecule has 1 aliphatic heterocycles. The van der Waals surface area contributed by atoms with E-state index in [0.717, 1.165) is 43.0 Å². The van der Waals surface area contributed by atoms with Gasteiger partial charge in [-0.05, 0) is 37.0 Å². The molecule has 27 heavy (non-hydrogen) atoms. The number of nitrogens with zero attached hydrogens (tertiary/aromatic N) is 1. The highest BCUT2D eigenvalue weighted by molar-refractivity contribution is 7.99. The number of benzene rings is 1. The van der Waals surface area contributed by atoms with Gasteiger partial charge in [0.05, 0.1) is 12.3 Å². The normalized spacial score (nSPS) is 22.9. The molecule has 146 valence electrons. The summed E-state index contributed by atoms with van der Waals surface area (Å²) in [6.07, 6.45) is 2.93. The molecular weight excluding hydrogens is 364 g/mol. The van der Waals surface area contributed by atoms with Crippen molar-refractivity contribution >= 4 is 35.2 Å². The number of rotatable bonds is 5. The maximum Gasteiger partial charge on any atom is 0.306 e. The van der Waals surface area contributed by atoms with Crippen LogP contribution >= 0.6 is 11.8 Å². The zero-order chi connectivity index (χ0) is 19.2. The van der Waals surface area contributed by atoms with E-state index in [2.05, 4.69) is 5.32 Å². The Labute approximate surface area is 163 Å². The lowest BCUT2D eigenvalue weighted by Crippen LogP contribution is -2.38. The summed E-state index contributed by atoms with van der Waals surface area (Å²) in [7, 11) is 0. The van der Waals surface area contributed by atoms with E-state index in [1.807, 2.05) is 40.9 Å². The van der Waals surface area contributed by atoms with Crippen molar-refractivity contribution in [3.63, 3.8) is 0 Å². The minimum atomic E-state index is -0.811. The van der Waals surface area contributed by atoms with Gasteiger partial charge in [-0.25, -0.2) is 0 Å². The number of nitrogens with one attached hydrogen (secondary N) is 1. The summed E-state index contributed by atoms with van der Waals surface area (Å²) in [5, 5.41) is 12.0. The molecule has 7 heteroatoms. The molecule has 2 atom stereocenters. The van der Waals surface area contributed by atoms with Crippen molar-refractivity contribution in [3.05, 3.63) is 29.8 Å². The highest BCUT2D eigenvalue weighted by Gasteiger charge is 2.31. The molecule has 1 saturated carbocycles. The summed E-state index contributed by atoms with van der Waals surface area (Å²) in [6.45, 7) is 1.63. The molecule has 6 nitrogen and oxygen atoms in total. The van der Waals surface area contributed by atoms with Gasteiger partial charge in [-0.2, -0.15) is 11.8 Å². The summed E-state index contributed by atoms with van der Waals surface area (Å²) < 4.78 is 0. The molecule has 1 heterocycles. The first-order chi connectivity index (χ1) is 13.0. The van der Waals surface area contributed by atoms with Crippen molar-refractivity contribution in [2.24, 2.45) is 11.8 Å². The van der Waals surface area contributed by atoms with Crippen molar-refractivity contribution in [2.45, 2.75) is 32.1 Å². The minimum absolute atomic E-state index is 0.115. The van der Waals surface area contributed by atoms with Crippen LogP contribution < -0.4 is 5.32 Å². The van der Waals surface area contributed by atoms with Crippen molar-refractivity contribution in [3.8, 4) is 0 Å². The number of carbonyl (C=O) groups excluding carboxylic acids is 2. The van der Waals surface area contributed by atoms with Crippen molar-refractivity contribution < 1.29 is 19.5 Å². The van der Waals surface area contributed by atoms with E-state index in [4.69, 9.17) is 5.11 Å². The Morgan fingerprint density at radius 1 is 1.07 bits per heavy atom. The molecule has 3 rings (SSSR count). The van der Waals surface area contributed by atoms with Crippen LogP contribution in [0.1, 0.15) is 31.2 Å². The van der Waals surface area contributed by atoms with Gasteiger partial charge in [-0.1, -0.05) is 18.6 Å². The standard InChI is InChI=1S/C20H26N2O4S/c23-18(22-8-10-27-11-9-22)12-14-4-6-17(7-5-14)21-19(24)15-2-1-3-16(13-15)20(25)26/h4-7,15-16H,1-3,8-13H2,(H,21,24)(H,25,26). The number of carbonyl (C=O) groups is 3. The lowest BCUT2D eigenvalue weighted by Gasteiger charge is -2.26. The average molecular weight is 391 g/mol. The van der Waals surface area contributed by atoms with E-state index in [1.54, 1.807) is 0 Å². The number of aliphatic carboxylic acids is 1. The molecule has 2 unspecified atom stereocenters. The fraction of sp³-hybridized carbons (Fsp3) is 0.550. The lowest BCUT2D eigenvalue weighted by molar-refractivity contribution is -0.143. The molecule has 2 aliphatic rings. The Bertz CT molecular complexity index is 686. The molecule has 2 N–H and O–H groups in total. The second-order valence-electron chi connectivity index (χ2n) is 7.25. The number of thioether (sulfide) groups is 1. The monoisotopic (exact) mass is 390 g/mol. The Hall–Kier alpha value is -2.02. The van der Waals surface area contributed by atoms with E-state index >= 15 is 0 Å². The smallest absolute Gasteiger partial charge is 0.306 e. The fourth-order valence-electron chi connectivity index (χ4n) is 3.70. The van der Waals surface area contributed by atoms with Crippen LogP contribution in [0.2, 0.25) is 0 Å². The van der Waals surface area contributed by atoms with Gasteiger partial charge >= 0.3 is 5.97 Å². The third-order valence-electron chi connectivity index (χ3n) is 5.33. The molecule has 0 aromatic heterocycles. The van der Waals surface area contributed by atoms with Crippen molar-refractivity contribution in [2.75, 3.05) is 29.9 Å². The largest absolute Gasteiger partial charge is 0.481 e. The average Bonchev–Trinajstić information content (AvgIpc) is 2.70. The predicted octanol–water partition coefficient (Wildman–Crippen LogP) is 2.63. The summed E-state index contributed by atoms with van der Waals surface area (Å²) in [5.41, 5.74) is 1.61. The van der Waals surface area contributed by atoms with Gasteiger partial charge in [0.25, 0.3) is 0 Å². The van der Waals surface area contributed by atoms with Gasteiger partial charge in [-0.3, -0.25) is 14.4 Å². The highest BCUT2D eigenvalue weighted by atomic mass is 32.2. The maximum atomic E-state index is 12.4. The summed E-state index contributed by atoms with van der Waals surface area (Å²) in [5.74, 6) is 0.550. The van der Waals surface area contributed by atoms with Crippen LogP contribution in [-0.2, 0) is 20.8 Å². The van der Waals surface area contributed by atoms with Gasteiger partial charge in [0.2, 0.25) is 11.8 Å². The van der Waals surface area contributed by atoms with Gasteiger partial charge in [0, 0.05) is 36.2 Å². The Morgan fingerprint density at radius 2 is 1.74 bits per heavy atom. The van der Waals surface area contributed by atoms with Crippen LogP contribution in [0.3, 0.4) is 0 Å². The molecule has 0 bridgehead atoms. The van der Waals surface area contributed by atoms with E-state index < -0.39 is 11.9 Å². The number of anilines is 1. The first kappa shape index (κ1) is 19.7. The molecule has 1 saturated heterocycles. The van der Waals surface area contributed by atoms with Crippen molar-refractivity contribution in [1.29, 1.82) is 0 Å². The molecule has 1 aromatic rings. The van der Waals surface area contributed by atoms with Crippen LogP contribution in [0.15, 0.2) is 24.3 Å². The summed E-state index contributed by atoms with van der Waals surface area (Å²) in [4.78, 5) is 37.8. The van der Waals surface area contributed by atoms with Crippen LogP contribution in [0.5, 0.6) is 0 Å². The maximum absolute atomic E-state index is 12.4. The third kappa shape index (κ3) is 5.48. The zero-order valence-corrected chi connectivity index (χ0v) is 16.2. The quantitative estimate of drug-likeness (QED) is 0.807. The van der Waals surface area contributed by atoms with E-state index in [-0.39, 0.29) is 17.7 Å². The number of carboxylic acids is 1. The number of hydrogen-bond donors (Lipinski definition) is 2. The van der Waals surface area contributed by atoms with Gasteiger partial charge in [-0.15, -0.1) is 0 Å². The SMILES string of the molecule is O=C(O)C1CCCC(C(=O)Nc2ccc(CC(=O)N3CCSCC3)cc2)C1. The molecule has 2 fully saturated rings. The molecule has 0 radical (unpaired) electrons. The molecule has 0 spiro atoms. The molecule has 1 aromatic carbocycles. The van der Waals surface area contributed by atoms with E-state index in [9.17, 15) is 14.4 Å². The Balaban J connectivity index is 1.51. The van der Waals surface area contributed by atoms with Crippen LogP contribution in [0.25, 0.3) is 0 Å². The number of amides is 2. The number of hydrogen-bond acceptors (Lipinski definition) is 4. The molecule has 2 amide bonds. The fourth-order valence-corrected chi connectivity index (χ4v) is 4.60. The van der Waals surface area contributed by atoms with E-state index in [0.29, 0.717) is 24.9 Å². The number of carboxylic acid groups (broad SMARTS) is 1. The lowest BCUT2D eigenvalue weighted by atomic mass is 9.81. The third-order valence-corrected chi connectivity index (χ3v) is 6.28. The van der Waals surface area contributed by atoms with Crippen LogP contribution in [0, 0.1) is 11.8 Å². The molecule has 1 aliphatic carbocycles. The highest BCUT2D eigenvalue weighted by Crippen LogP contribution is 2.30. The topological polar surface area (TPSA) is 86.7 Å².